The van der Waals surface area contributed by atoms with Crippen molar-refractivity contribution < 1.29 is 19.1 Å². The van der Waals surface area contributed by atoms with Crippen molar-refractivity contribution in [3.8, 4) is 11.5 Å². The predicted molar refractivity (Wildman–Crippen MR) is 93.1 cm³/mol. The molecular formula is C19H24N2O4. The number of hydrogen-bond acceptors (Lipinski definition) is 4. The number of nitrogens with one attached hydrogen (secondary N) is 2. The number of hydrogen-bond donors (Lipinski definition) is 2. The second-order valence-electron chi connectivity index (χ2n) is 6.49. The lowest BCUT2D eigenvalue weighted by Crippen LogP contribution is -2.37. The summed E-state index contributed by atoms with van der Waals surface area (Å²) < 4.78 is 10.6. The van der Waals surface area contributed by atoms with Gasteiger partial charge in [0.1, 0.15) is 0 Å². The Labute approximate surface area is 147 Å². The van der Waals surface area contributed by atoms with Crippen LogP contribution < -0.4 is 20.1 Å². The maximum atomic E-state index is 12.4. The van der Waals surface area contributed by atoms with Crippen LogP contribution in [0.2, 0.25) is 0 Å². The van der Waals surface area contributed by atoms with Crippen LogP contribution in [-0.4, -0.2) is 25.2 Å². The van der Waals surface area contributed by atoms with E-state index in [0.717, 1.165) is 42.7 Å². The minimum atomic E-state index is -0.0162. The second kappa shape index (κ2) is 8.05. The summed E-state index contributed by atoms with van der Waals surface area (Å²) >= 11 is 0. The second-order valence-corrected chi connectivity index (χ2v) is 6.49. The normalized spacial score (nSPS) is 21.4. The molecule has 2 N–H and O–H groups in total. The lowest BCUT2D eigenvalue weighted by molar-refractivity contribution is -0.130. The van der Waals surface area contributed by atoms with E-state index in [9.17, 15) is 9.59 Å². The van der Waals surface area contributed by atoms with Crippen molar-refractivity contribution in [1.29, 1.82) is 0 Å². The fourth-order valence-electron chi connectivity index (χ4n) is 3.32. The van der Waals surface area contributed by atoms with Crippen LogP contribution >= 0.6 is 0 Å². The number of ether oxygens (including phenoxy) is 2. The average Bonchev–Trinajstić information content (AvgIpc) is 3.12. The van der Waals surface area contributed by atoms with Crippen LogP contribution in [0.1, 0.15) is 31.2 Å². The Bertz CT molecular complexity index is 651. The van der Waals surface area contributed by atoms with Gasteiger partial charge in [0.15, 0.2) is 11.5 Å². The molecule has 0 atom stereocenters. The highest BCUT2D eigenvalue weighted by molar-refractivity contribution is 5.81. The van der Waals surface area contributed by atoms with E-state index in [1.165, 1.54) is 0 Å². The van der Waals surface area contributed by atoms with Gasteiger partial charge >= 0.3 is 0 Å². The fourth-order valence-corrected chi connectivity index (χ4v) is 3.32. The number of fused-ring (bicyclic) bond motifs is 1. The van der Waals surface area contributed by atoms with Crippen molar-refractivity contribution in [2.24, 2.45) is 11.8 Å². The van der Waals surface area contributed by atoms with Gasteiger partial charge in [-0.15, -0.1) is 6.58 Å². The zero-order chi connectivity index (χ0) is 17.6. The zero-order valence-corrected chi connectivity index (χ0v) is 14.3. The number of rotatable bonds is 6. The third-order valence-corrected chi connectivity index (χ3v) is 4.79. The van der Waals surface area contributed by atoms with Gasteiger partial charge in [-0.2, -0.15) is 0 Å². The summed E-state index contributed by atoms with van der Waals surface area (Å²) in [5, 5.41) is 5.82. The van der Waals surface area contributed by atoms with E-state index in [1.807, 2.05) is 18.2 Å². The molecule has 134 valence electrons. The maximum Gasteiger partial charge on any atom is 0.231 e. The number of carbonyl (C=O) groups is 2. The van der Waals surface area contributed by atoms with Crippen molar-refractivity contribution in [2.45, 2.75) is 32.2 Å². The summed E-state index contributed by atoms with van der Waals surface area (Å²) in [7, 11) is 0. The summed E-state index contributed by atoms with van der Waals surface area (Å²) in [5.41, 5.74) is 0.982. The van der Waals surface area contributed by atoms with Gasteiger partial charge in [-0.1, -0.05) is 12.1 Å². The standard InChI is InChI=1S/C19H24N2O4/c1-2-9-20-18(22)14-4-6-15(7-5-14)19(23)21-11-13-3-8-16-17(10-13)25-12-24-16/h2-3,8,10,14-15H,1,4-7,9,11-12H2,(H,20,22)(H,21,23). The van der Waals surface area contributed by atoms with Gasteiger partial charge < -0.3 is 20.1 Å². The molecule has 6 heteroatoms. The predicted octanol–water partition coefficient (Wildman–Crippen LogP) is 2.14. The van der Waals surface area contributed by atoms with E-state index >= 15 is 0 Å². The Morgan fingerprint density at radius 2 is 1.68 bits per heavy atom. The smallest absolute Gasteiger partial charge is 0.231 e. The van der Waals surface area contributed by atoms with Crippen LogP contribution in [0.3, 0.4) is 0 Å². The molecule has 1 heterocycles. The first-order chi connectivity index (χ1) is 12.2. The average molecular weight is 344 g/mol. The summed E-state index contributed by atoms with van der Waals surface area (Å²) in [6.45, 7) is 4.80. The highest BCUT2D eigenvalue weighted by Gasteiger charge is 2.29. The third-order valence-electron chi connectivity index (χ3n) is 4.79. The molecule has 2 amide bonds. The number of carbonyl (C=O) groups excluding carboxylic acids is 2. The van der Waals surface area contributed by atoms with Gasteiger partial charge in [-0.05, 0) is 43.4 Å². The van der Waals surface area contributed by atoms with Crippen LogP contribution in [0, 0.1) is 11.8 Å². The summed E-state index contributed by atoms with van der Waals surface area (Å²) in [4.78, 5) is 24.3. The Morgan fingerprint density at radius 1 is 1.04 bits per heavy atom. The van der Waals surface area contributed by atoms with Crippen LogP contribution in [0.5, 0.6) is 11.5 Å². The minimum Gasteiger partial charge on any atom is -0.454 e. The van der Waals surface area contributed by atoms with E-state index in [2.05, 4.69) is 17.2 Å². The van der Waals surface area contributed by atoms with Gasteiger partial charge in [-0.25, -0.2) is 0 Å². The monoisotopic (exact) mass is 344 g/mol. The van der Waals surface area contributed by atoms with E-state index in [0.29, 0.717) is 13.1 Å². The van der Waals surface area contributed by atoms with Crippen molar-refractivity contribution in [2.75, 3.05) is 13.3 Å². The van der Waals surface area contributed by atoms with Crippen molar-refractivity contribution >= 4 is 11.8 Å². The summed E-state index contributed by atoms with van der Waals surface area (Å²) in [6, 6.07) is 5.68. The molecule has 0 radical (unpaired) electrons. The Hall–Kier alpha value is -2.50. The highest BCUT2D eigenvalue weighted by Crippen LogP contribution is 2.32. The van der Waals surface area contributed by atoms with Gasteiger partial charge in [0.2, 0.25) is 18.6 Å². The first kappa shape index (κ1) is 17.3. The Balaban J connectivity index is 1.43. The van der Waals surface area contributed by atoms with Crippen molar-refractivity contribution in [3.05, 3.63) is 36.4 Å². The lowest BCUT2D eigenvalue weighted by Gasteiger charge is -2.27. The van der Waals surface area contributed by atoms with Crippen LogP contribution in [0.4, 0.5) is 0 Å². The summed E-state index contributed by atoms with van der Waals surface area (Å²) in [5.74, 6) is 1.58. The van der Waals surface area contributed by atoms with Crippen molar-refractivity contribution in [1.82, 2.24) is 10.6 Å². The molecule has 0 saturated heterocycles. The molecule has 1 fully saturated rings. The molecule has 1 aliphatic heterocycles. The zero-order valence-electron chi connectivity index (χ0n) is 14.3. The largest absolute Gasteiger partial charge is 0.454 e. The van der Waals surface area contributed by atoms with Gasteiger partial charge in [0, 0.05) is 24.9 Å². The summed E-state index contributed by atoms with van der Waals surface area (Å²) in [6.07, 6.45) is 4.68. The topological polar surface area (TPSA) is 76.7 Å². The van der Waals surface area contributed by atoms with E-state index in [1.54, 1.807) is 6.08 Å². The van der Waals surface area contributed by atoms with E-state index in [-0.39, 0.29) is 30.4 Å². The minimum absolute atomic E-state index is 0.0119. The maximum absolute atomic E-state index is 12.4. The van der Waals surface area contributed by atoms with Gasteiger partial charge in [-0.3, -0.25) is 9.59 Å². The first-order valence-electron chi connectivity index (χ1n) is 8.72. The van der Waals surface area contributed by atoms with Crippen LogP contribution in [-0.2, 0) is 16.1 Å². The molecule has 2 aliphatic rings. The molecular weight excluding hydrogens is 320 g/mol. The lowest BCUT2D eigenvalue weighted by atomic mass is 9.81. The molecule has 0 spiro atoms. The van der Waals surface area contributed by atoms with Crippen molar-refractivity contribution in [3.63, 3.8) is 0 Å². The van der Waals surface area contributed by atoms with Crippen LogP contribution in [0.15, 0.2) is 30.9 Å². The van der Waals surface area contributed by atoms with E-state index in [4.69, 9.17) is 9.47 Å². The van der Waals surface area contributed by atoms with E-state index < -0.39 is 0 Å². The molecule has 1 aromatic rings. The van der Waals surface area contributed by atoms with Gasteiger partial charge in [0.05, 0.1) is 0 Å². The number of benzene rings is 1. The van der Waals surface area contributed by atoms with Gasteiger partial charge in [0.25, 0.3) is 0 Å². The Morgan fingerprint density at radius 3 is 2.36 bits per heavy atom. The highest BCUT2D eigenvalue weighted by atomic mass is 16.7. The first-order valence-corrected chi connectivity index (χ1v) is 8.72. The number of amides is 2. The molecule has 25 heavy (non-hydrogen) atoms. The Kier molecular flexibility index (Phi) is 5.58. The molecule has 0 aromatic heterocycles. The molecule has 1 saturated carbocycles. The molecule has 0 unspecified atom stereocenters. The molecule has 6 nitrogen and oxygen atoms in total. The molecule has 1 aromatic carbocycles. The molecule has 1 aliphatic carbocycles. The fraction of sp³-hybridized carbons (Fsp3) is 0.474. The quantitative estimate of drug-likeness (QED) is 0.775. The molecule has 0 bridgehead atoms. The SMILES string of the molecule is C=CCNC(=O)C1CCC(C(=O)NCc2ccc3c(c2)OCO3)CC1. The third kappa shape index (κ3) is 4.32. The van der Waals surface area contributed by atoms with Crippen LogP contribution in [0.25, 0.3) is 0 Å². The molecule has 3 rings (SSSR count).